The van der Waals surface area contributed by atoms with Crippen LogP contribution in [0.1, 0.15) is 30.3 Å². The molecule has 2 aromatic rings. The summed E-state index contributed by atoms with van der Waals surface area (Å²) >= 11 is 0. The number of halogens is 2. The monoisotopic (exact) mass is 335 g/mol. The van der Waals surface area contributed by atoms with Crippen LogP contribution in [0.5, 0.6) is 0 Å². The minimum absolute atomic E-state index is 0.0136. The number of aromatic amines is 1. The third-order valence-electron chi connectivity index (χ3n) is 4.18. The first-order valence-corrected chi connectivity index (χ1v) is 7.98. The fourth-order valence-corrected chi connectivity index (χ4v) is 2.97. The third kappa shape index (κ3) is 3.62. The summed E-state index contributed by atoms with van der Waals surface area (Å²) in [6.45, 7) is 0.744. The van der Waals surface area contributed by atoms with Crippen molar-refractivity contribution in [3.8, 4) is 0 Å². The summed E-state index contributed by atoms with van der Waals surface area (Å²) in [5.74, 6) is -1.13. The van der Waals surface area contributed by atoms with Gasteiger partial charge in [-0.3, -0.25) is 4.79 Å². The number of H-pyrrole nitrogens is 1. The lowest BCUT2D eigenvalue weighted by Gasteiger charge is -2.29. The second-order valence-electron chi connectivity index (χ2n) is 5.76. The number of hydrogen-bond acceptors (Lipinski definition) is 3. The predicted octanol–water partition coefficient (Wildman–Crippen LogP) is 2.51. The molecular formula is C17H19F2N3O2. The minimum atomic E-state index is -0.598. The van der Waals surface area contributed by atoms with Gasteiger partial charge >= 0.3 is 0 Å². The maximum absolute atomic E-state index is 13.6. The van der Waals surface area contributed by atoms with Gasteiger partial charge in [0.1, 0.15) is 23.6 Å². The number of imidazole rings is 1. The van der Waals surface area contributed by atoms with Crippen molar-refractivity contribution in [2.24, 2.45) is 5.92 Å². The minimum Gasteiger partial charge on any atom is -0.369 e. The molecule has 0 aliphatic carbocycles. The van der Waals surface area contributed by atoms with Crippen LogP contribution in [0.2, 0.25) is 0 Å². The van der Waals surface area contributed by atoms with Gasteiger partial charge in [-0.1, -0.05) is 6.07 Å². The van der Waals surface area contributed by atoms with E-state index in [2.05, 4.69) is 15.3 Å². The van der Waals surface area contributed by atoms with Crippen molar-refractivity contribution in [2.45, 2.75) is 25.4 Å². The van der Waals surface area contributed by atoms with Crippen molar-refractivity contribution in [1.82, 2.24) is 15.3 Å². The number of carbonyl (C=O) groups is 1. The lowest BCUT2D eigenvalue weighted by Crippen LogP contribution is -2.38. The van der Waals surface area contributed by atoms with Gasteiger partial charge in [-0.05, 0) is 31.4 Å². The molecule has 7 heteroatoms. The Bertz CT molecular complexity index is 671. The molecule has 0 bridgehead atoms. The molecule has 1 fully saturated rings. The average Bonchev–Trinajstić information content (AvgIpc) is 3.12. The first-order valence-electron chi connectivity index (χ1n) is 7.98. The van der Waals surface area contributed by atoms with Crippen LogP contribution >= 0.6 is 0 Å². The van der Waals surface area contributed by atoms with Crippen molar-refractivity contribution < 1.29 is 18.3 Å². The molecule has 1 saturated heterocycles. The SMILES string of the molecule is O=C(NCCc1c(F)cccc1F)[C@@H]1CCCO[C@H]1c1ncc[nH]1. The predicted molar refractivity (Wildman–Crippen MR) is 83.1 cm³/mol. The summed E-state index contributed by atoms with van der Waals surface area (Å²) in [7, 11) is 0. The highest BCUT2D eigenvalue weighted by molar-refractivity contribution is 5.79. The molecule has 0 unspecified atom stereocenters. The fraction of sp³-hybridized carbons (Fsp3) is 0.412. The summed E-state index contributed by atoms with van der Waals surface area (Å²) in [5.41, 5.74) is -0.0136. The van der Waals surface area contributed by atoms with Gasteiger partial charge in [0, 0.05) is 31.1 Å². The van der Waals surface area contributed by atoms with Gasteiger partial charge < -0.3 is 15.0 Å². The van der Waals surface area contributed by atoms with Gasteiger partial charge in [0.2, 0.25) is 5.91 Å². The number of benzene rings is 1. The van der Waals surface area contributed by atoms with E-state index in [9.17, 15) is 13.6 Å². The summed E-state index contributed by atoms with van der Waals surface area (Å²) in [4.78, 5) is 19.6. The average molecular weight is 335 g/mol. The highest BCUT2D eigenvalue weighted by Gasteiger charge is 2.34. The molecule has 2 atom stereocenters. The van der Waals surface area contributed by atoms with Crippen LogP contribution in [0.25, 0.3) is 0 Å². The molecule has 0 saturated carbocycles. The number of nitrogens with zero attached hydrogens (tertiary/aromatic N) is 1. The van der Waals surface area contributed by atoms with Crippen LogP contribution in [0.3, 0.4) is 0 Å². The van der Waals surface area contributed by atoms with Crippen molar-refractivity contribution in [3.63, 3.8) is 0 Å². The molecule has 128 valence electrons. The molecule has 3 rings (SSSR count). The number of rotatable bonds is 5. The number of ether oxygens (including phenoxy) is 1. The summed E-state index contributed by atoms with van der Waals surface area (Å²) < 4.78 is 32.9. The van der Waals surface area contributed by atoms with Crippen LogP contribution < -0.4 is 5.32 Å². The number of aromatic nitrogens is 2. The van der Waals surface area contributed by atoms with E-state index in [1.54, 1.807) is 12.4 Å². The topological polar surface area (TPSA) is 67.0 Å². The summed E-state index contributed by atoms with van der Waals surface area (Å²) in [6, 6.07) is 3.74. The highest BCUT2D eigenvalue weighted by atomic mass is 19.1. The summed E-state index contributed by atoms with van der Waals surface area (Å²) in [5, 5.41) is 2.75. The van der Waals surface area contributed by atoms with E-state index < -0.39 is 17.7 Å². The Morgan fingerprint density at radius 3 is 2.88 bits per heavy atom. The standard InChI is InChI=1S/C17H19F2N3O2/c18-13-4-1-5-14(19)11(13)6-7-22-17(23)12-3-2-10-24-15(12)16-20-8-9-21-16/h1,4-5,8-9,12,15H,2-3,6-7,10H2,(H,20,21)(H,22,23)/t12-,15-/m1/s1. The number of hydrogen-bond donors (Lipinski definition) is 2. The van der Waals surface area contributed by atoms with Crippen LogP contribution in [0.4, 0.5) is 8.78 Å². The highest BCUT2D eigenvalue weighted by Crippen LogP contribution is 2.31. The van der Waals surface area contributed by atoms with E-state index >= 15 is 0 Å². The Balaban J connectivity index is 1.59. The molecule has 24 heavy (non-hydrogen) atoms. The van der Waals surface area contributed by atoms with E-state index in [-0.39, 0.29) is 30.4 Å². The molecule has 2 N–H and O–H groups in total. The van der Waals surface area contributed by atoms with E-state index in [1.165, 1.54) is 18.2 Å². The van der Waals surface area contributed by atoms with Crippen molar-refractivity contribution in [3.05, 3.63) is 53.6 Å². The van der Waals surface area contributed by atoms with Crippen molar-refractivity contribution >= 4 is 5.91 Å². The molecule has 0 spiro atoms. The van der Waals surface area contributed by atoms with Gasteiger partial charge in [0.05, 0.1) is 5.92 Å². The van der Waals surface area contributed by atoms with E-state index in [1.807, 2.05) is 0 Å². The fourth-order valence-electron chi connectivity index (χ4n) is 2.97. The zero-order valence-corrected chi connectivity index (χ0v) is 13.1. The van der Waals surface area contributed by atoms with Gasteiger partial charge in [-0.25, -0.2) is 13.8 Å². The summed E-state index contributed by atoms with van der Waals surface area (Å²) in [6.07, 6.45) is 4.46. The number of amides is 1. The van der Waals surface area contributed by atoms with E-state index in [0.717, 1.165) is 6.42 Å². The molecule has 1 aromatic heterocycles. The van der Waals surface area contributed by atoms with E-state index in [4.69, 9.17) is 4.74 Å². The first kappa shape index (κ1) is 16.6. The number of carbonyl (C=O) groups excluding carboxylic acids is 1. The molecule has 1 aromatic carbocycles. The third-order valence-corrected chi connectivity index (χ3v) is 4.18. The normalized spacial score (nSPS) is 20.8. The largest absolute Gasteiger partial charge is 0.369 e. The second-order valence-corrected chi connectivity index (χ2v) is 5.76. The quantitative estimate of drug-likeness (QED) is 0.882. The van der Waals surface area contributed by atoms with Crippen LogP contribution in [-0.2, 0) is 16.0 Å². The van der Waals surface area contributed by atoms with Crippen LogP contribution in [0, 0.1) is 17.6 Å². The van der Waals surface area contributed by atoms with Gasteiger partial charge in [0.15, 0.2) is 0 Å². The molecule has 2 heterocycles. The Kier molecular flexibility index (Phi) is 5.20. The Hall–Kier alpha value is -2.28. The van der Waals surface area contributed by atoms with Gasteiger partial charge in [-0.15, -0.1) is 0 Å². The Labute approximate surface area is 138 Å². The Morgan fingerprint density at radius 2 is 2.17 bits per heavy atom. The van der Waals surface area contributed by atoms with E-state index in [0.29, 0.717) is 18.9 Å². The molecular weight excluding hydrogens is 316 g/mol. The first-order chi connectivity index (χ1) is 11.7. The van der Waals surface area contributed by atoms with Gasteiger partial charge in [-0.2, -0.15) is 0 Å². The van der Waals surface area contributed by atoms with Crippen LogP contribution in [-0.4, -0.2) is 29.0 Å². The zero-order chi connectivity index (χ0) is 16.9. The molecule has 0 radical (unpaired) electrons. The van der Waals surface area contributed by atoms with Crippen LogP contribution in [0.15, 0.2) is 30.6 Å². The maximum atomic E-state index is 13.6. The molecule has 1 aliphatic rings. The van der Waals surface area contributed by atoms with Crippen molar-refractivity contribution in [1.29, 1.82) is 0 Å². The maximum Gasteiger partial charge on any atom is 0.226 e. The number of nitrogens with one attached hydrogen (secondary N) is 2. The zero-order valence-electron chi connectivity index (χ0n) is 13.1. The second kappa shape index (κ2) is 7.53. The lowest BCUT2D eigenvalue weighted by molar-refractivity contribution is -0.135. The molecule has 1 aliphatic heterocycles. The molecule has 1 amide bonds. The van der Waals surface area contributed by atoms with Gasteiger partial charge in [0.25, 0.3) is 0 Å². The molecule has 5 nitrogen and oxygen atoms in total. The lowest BCUT2D eigenvalue weighted by atomic mass is 9.92. The smallest absolute Gasteiger partial charge is 0.226 e. The van der Waals surface area contributed by atoms with Crippen molar-refractivity contribution in [2.75, 3.05) is 13.2 Å². The Morgan fingerprint density at radius 1 is 1.38 bits per heavy atom.